The number of hydrogen-bond acceptors (Lipinski definition) is 3. The maximum absolute atomic E-state index is 11.8. The summed E-state index contributed by atoms with van der Waals surface area (Å²) < 4.78 is 1.69. The lowest BCUT2D eigenvalue weighted by Gasteiger charge is -2.08. The van der Waals surface area contributed by atoms with Crippen LogP contribution in [0.1, 0.15) is 18.1 Å². The number of aryl methyl sites for hydroxylation is 1. The Balaban J connectivity index is 2.23. The summed E-state index contributed by atoms with van der Waals surface area (Å²) in [4.78, 5) is 16.0. The molecular weight excluding hydrogens is 226 g/mol. The van der Waals surface area contributed by atoms with Gasteiger partial charge in [-0.15, -0.1) is 0 Å². The van der Waals surface area contributed by atoms with E-state index in [0.717, 1.165) is 23.5 Å². The lowest BCUT2D eigenvalue weighted by atomic mass is 10.2. The molecule has 4 nitrogen and oxygen atoms in total. The molecule has 0 aliphatic rings. The molecule has 18 heavy (non-hydrogen) atoms. The molecule has 0 aliphatic heterocycles. The standard InChI is InChI=1S/C14H17N3O/c1-3-15-13-9-12(4-6-16-13)10-17-7-5-11(2)8-14(17)18/h4-9H,3,10H2,1-2H3,(H,15,16). The second kappa shape index (κ2) is 5.49. The Hall–Kier alpha value is -2.10. The van der Waals surface area contributed by atoms with Gasteiger partial charge in [0.2, 0.25) is 0 Å². The fourth-order valence-corrected chi connectivity index (χ4v) is 1.78. The van der Waals surface area contributed by atoms with Crippen LogP contribution in [0.2, 0.25) is 0 Å². The van der Waals surface area contributed by atoms with Crippen LogP contribution in [-0.2, 0) is 6.54 Å². The van der Waals surface area contributed by atoms with Crippen molar-refractivity contribution in [3.8, 4) is 0 Å². The molecular formula is C14H17N3O. The Morgan fingerprint density at radius 1 is 1.33 bits per heavy atom. The van der Waals surface area contributed by atoms with Gasteiger partial charge >= 0.3 is 0 Å². The van der Waals surface area contributed by atoms with E-state index >= 15 is 0 Å². The summed E-state index contributed by atoms with van der Waals surface area (Å²) in [6.45, 7) is 5.35. The Morgan fingerprint density at radius 3 is 2.89 bits per heavy atom. The summed E-state index contributed by atoms with van der Waals surface area (Å²) >= 11 is 0. The lowest BCUT2D eigenvalue weighted by molar-refractivity contribution is 0.756. The van der Waals surface area contributed by atoms with Crippen molar-refractivity contribution in [1.82, 2.24) is 9.55 Å². The molecule has 4 heteroatoms. The molecule has 0 saturated heterocycles. The quantitative estimate of drug-likeness (QED) is 0.893. The van der Waals surface area contributed by atoms with Crippen LogP contribution in [0, 0.1) is 6.92 Å². The van der Waals surface area contributed by atoms with Crippen molar-refractivity contribution in [2.75, 3.05) is 11.9 Å². The van der Waals surface area contributed by atoms with E-state index in [1.54, 1.807) is 16.8 Å². The van der Waals surface area contributed by atoms with Gasteiger partial charge in [-0.2, -0.15) is 0 Å². The maximum atomic E-state index is 11.8. The molecule has 0 aromatic carbocycles. The number of pyridine rings is 2. The van der Waals surface area contributed by atoms with Crippen LogP contribution in [0.15, 0.2) is 41.5 Å². The molecule has 0 fully saturated rings. The number of anilines is 1. The van der Waals surface area contributed by atoms with Crippen molar-refractivity contribution in [2.24, 2.45) is 0 Å². The van der Waals surface area contributed by atoms with Crippen molar-refractivity contribution in [1.29, 1.82) is 0 Å². The first-order valence-electron chi connectivity index (χ1n) is 6.05. The first-order valence-corrected chi connectivity index (χ1v) is 6.05. The van der Waals surface area contributed by atoms with Gasteiger partial charge in [0.05, 0.1) is 6.54 Å². The zero-order valence-electron chi connectivity index (χ0n) is 10.7. The normalized spacial score (nSPS) is 10.3. The largest absolute Gasteiger partial charge is 0.370 e. The third-order valence-corrected chi connectivity index (χ3v) is 2.69. The predicted octanol–water partition coefficient (Wildman–Crippen LogP) is 2.03. The van der Waals surface area contributed by atoms with Gasteiger partial charge in [0.1, 0.15) is 5.82 Å². The van der Waals surface area contributed by atoms with Gasteiger partial charge in [-0.1, -0.05) is 0 Å². The average Bonchev–Trinajstić information content (AvgIpc) is 2.34. The van der Waals surface area contributed by atoms with Crippen LogP contribution in [0.4, 0.5) is 5.82 Å². The van der Waals surface area contributed by atoms with Gasteiger partial charge in [-0.25, -0.2) is 4.98 Å². The highest BCUT2D eigenvalue weighted by Gasteiger charge is 2.00. The van der Waals surface area contributed by atoms with Crippen molar-refractivity contribution in [3.63, 3.8) is 0 Å². The van der Waals surface area contributed by atoms with Crippen LogP contribution >= 0.6 is 0 Å². The molecule has 0 amide bonds. The third-order valence-electron chi connectivity index (χ3n) is 2.69. The molecule has 1 N–H and O–H groups in total. The zero-order chi connectivity index (χ0) is 13.0. The van der Waals surface area contributed by atoms with E-state index in [9.17, 15) is 4.79 Å². The molecule has 2 aromatic rings. The Bertz CT molecular complexity index is 590. The lowest BCUT2D eigenvalue weighted by Crippen LogP contribution is -2.19. The number of nitrogens with one attached hydrogen (secondary N) is 1. The van der Waals surface area contributed by atoms with Crippen LogP contribution in [0.3, 0.4) is 0 Å². The van der Waals surface area contributed by atoms with E-state index in [2.05, 4.69) is 10.3 Å². The highest BCUT2D eigenvalue weighted by atomic mass is 16.1. The molecule has 0 saturated carbocycles. The van der Waals surface area contributed by atoms with E-state index in [1.165, 1.54) is 0 Å². The SMILES string of the molecule is CCNc1cc(Cn2ccc(C)cc2=O)ccn1. The fraction of sp³-hybridized carbons (Fsp3) is 0.286. The van der Waals surface area contributed by atoms with Crippen molar-refractivity contribution < 1.29 is 0 Å². The average molecular weight is 243 g/mol. The number of rotatable bonds is 4. The molecule has 2 rings (SSSR count). The molecule has 94 valence electrons. The first-order chi connectivity index (χ1) is 8.69. The van der Waals surface area contributed by atoms with E-state index in [-0.39, 0.29) is 5.56 Å². The molecule has 0 radical (unpaired) electrons. The van der Waals surface area contributed by atoms with E-state index in [4.69, 9.17) is 0 Å². The topological polar surface area (TPSA) is 46.9 Å². The highest BCUT2D eigenvalue weighted by molar-refractivity contribution is 5.37. The Labute approximate surface area is 106 Å². The first kappa shape index (κ1) is 12.4. The Morgan fingerprint density at radius 2 is 2.17 bits per heavy atom. The van der Waals surface area contributed by atoms with E-state index in [0.29, 0.717) is 6.54 Å². The van der Waals surface area contributed by atoms with Crippen LogP contribution in [0.5, 0.6) is 0 Å². The summed E-state index contributed by atoms with van der Waals surface area (Å²) in [6, 6.07) is 7.48. The number of aromatic nitrogens is 2. The Kier molecular flexibility index (Phi) is 3.77. The van der Waals surface area contributed by atoms with E-state index in [1.807, 2.05) is 38.2 Å². The van der Waals surface area contributed by atoms with Crippen molar-refractivity contribution in [2.45, 2.75) is 20.4 Å². The van der Waals surface area contributed by atoms with Gasteiger partial charge in [-0.3, -0.25) is 4.79 Å². The summed E-state index contributed by atoms with van der Waals surface area (Å²) in [6.07, 6.45) is 3.58. The predicted molar refractivity (Wildman–Crippen MR) is 72.9 cm³/mol. The highest BCUT2D eigenvalue weighted by Crippen LogP contribution is 2.07. The minimum Gasteiger partial charge on any atom is -0.370 e. The smallest absolute Gasteiger partial charge is 0.251 e. The monoisotopic (exact) mass is 243 g/mol. The minimum absolute atomic E-state index is 0.0248. The number of hydrogen-bond donors (Lipinski definition) is 1. The van der Waals surface area contributed by atoms with Gasteiger partial charge in [-0.05, 0) is 43.2 Å². The second-order valence-electron chi connectivity index (χ2n) is 4.25. The fourth-order valence-electron chi connectivity index (χ4n) is 1.78. The van der Waals surface area contributed by atoms with Gasteiger partial charge in [0.25, 0.3) is 5.56 Å². The molecule has 0 atom stereocenters. The molecule has 0 unspecified atom stereocenters. The van der Waals surface area contributed by atoms with Gasteiger partial charge in [0, 0.05) is 25.0 Å². The van der Waals surface area contributed by atoms with Crippen LogP contribution in [-0.4, -0.2) is 16.1 Å². The number of nitrogens with zero attached hydrogens (tertiary/aromatic N) is 2. The van der Waals surface area contributed by atoms with Gasteiger partial charge < -0.3 is 9.88 Å². The molecule has 2 heterocycles. The molecule has 0 spiro atoms. The third kappa shape index (κ3) is 2.97. The summed E-state index contributed by atoms with van der Waals surface area (Å²) in [5, 5.41) is 3.16. The maximum Gasteiger partial charge on any atom is 0.251 e. The zero-order valence-corrected chi connectivity index (χ0v) is 10.7. The summed E-state index contributed by atoms with van der Waals surface area (Å²) in [5.74, 6) is 0.843. The molecule has 0 bridgehead atoms. The summed E-state index contributed by atoms with van der Waals surface area (Å²) in [7, 11) is 0. The molecule has 0 aliphatic carbocycles. The second-order valence-corrected chi connectivity index (χ2v) is 4.25. The van der Waals surface area contributed by atoms with Crippen molar-refractivity contribution in [3.05, 3.63) is 58.1 Å². The van der Waals surface area contributed by atoms with Crippen molar-refractivity contribution >= 4 is 5.82 Å². The van der Waals surface area contributed by atoms with Crippen LogP contribution < -0.4 is 10.9 Å². The van der Waals surface area contributed by atoms with Gasteiger partial charge in [0.15, 0.2) is 0 Å². The minimum atomic E-state index is 0.0248. The summed E-state index contributed by atoms with van der Waals surface area (Å²) in [5.41, 5.74) is 2.07. The van der Waals surface area contributed by atoms with E-state index < -0.39 is 0 Å². The molecule has 2 aromatic heterocycles. The van der Waals surface area contributed by atoms with Crippen LogP contribution in [0.25, 0.3) is 0 Å².